The first-order valence-corrected chi connectivity index (χ1v) is 8.88. The fourth-order valence-corrected chi connectivity index (χ4v) is 3.24. The van der Waals surface area contributed by atoms with Gasteiger partial charge in [-0.2, -0.15) is 0 Å². The Labute approximate surface area is 166 Å². The fraction of sp³-hybridized carbons (Fsp3) is 0.300. The topological polar surface area (TPSA) is 108 Å². The Hall–Kier alpha value is -3.62. The van der Waals surface area contributed by atoms with Crippen molar-refractivity contribution in [2.75, 3.05) is 25.7 Å². The second-order valence-corrected chi connectivity index (χ2v) is 6.40. The molecule has 1 aliphatic heterocycles. The van der Waals surface area contributed by atoms with Crippen LogP contribution in [0.25, 0.3) is 0 Å². The normalized spacial score (nSPS) is 13.4. The highest BCUT2D eigenvalue weighted by Gasteiger charge is 2.32. The molecule has 0 saturated carbocycles. The molecule has 0 aromatic heterocycles. The summed E-state index contributed by atoms with van der Waals surface area (Å²) >= 11 is 0. The molecule has 0 N–H and O–H groups in total. The third-order valence-corrected chi connectivity index (χ3v) is 4.70. The number of para-hydroxylation sites is 1. The van der Waals surface area contributed by atoms with Crippen LogP contribution >= 0.6 is 0 Å². The molecule has 1 atom stereocenters. The maximum atomic E-state index is 12.8. The Kier molecular flexibility index (Phi) is 5.67. The van der Waals surface area contributed by atoms with Crippen LogP contribution in [0.4, 0.5) is 11.4 Å². The molecule has 1 heterocycles. The lowest BCUT2D eigenvalue weighted by molar-refractivity contribution is -0.385. The van der Waals surface area contributed by atoms with Gasteiger partial charge in [0.05, 0.1) is 25.2 Å². The number of nitro benzene ring substituents is 1. The molecule has 0 radical (unpaired) electrons. The predicted molar refractivity (Wildman–Crippen MR) is 104 cm³/mol. The highest BCUT2D eigenvalue weighted by atomic mass is 16.6. The average Bonchev–Trinajstić information content (AvgIpc) is 3.15. The number of nitro groups is 1. The number of carbonyl (C=O) groups is 2. The Balaban J connectivity index is 1.83. The zero-order valence-corrected chi connectivity index (χ0v) is 16.2. The molecule has 1 amide bonds. The molecule has 0 saturated heterocycles. The van der Waals surface area contributed by atoms with Gasteiger partial charge < -0.3 is 19.1 Å². The number of methoxy groups -OCH3 is 2. The summed E-state index contributed by atoms with van der Waals surface area (Å²) in [7, 11) is 2.67. The molecule has 29 heavy (non-hydrogen) atoms. The number of nitrogens with zero attached hydrogens (tertiary/aromatic N) is 2. The maximum absolute atomic E-state index is 12.8. The number of fused-ring (bicyclic) bond motifs is 1. The second kappa shape index (κ2) is 8.17. The van der Waals surface area contributed by atoms with Crippen molar-refractivity contribution >= 4 is 23.3 Å². The van der Waals surface area contributed by atoms with E-state index < -0.39 is 28.6 Å². The Bertz CT molecular complexity index is 973. The van der Waals surface area contributed by atoms with E-state index in [1.165, 1.54) is 27.2 Å². The number of anilines is 1. The van der Waals surface area contributed by atoms with Gasteiger partial charge in [-0.3, -0.25) is 14.9 Å². The van der Waals surface area contributed by atoms with E-state index in [-0.39, 0.29) is 17.1 Å². The number of amides is 1. The van der Waals surface area contributed by atoms with Gasteiger partial charge in [-0.25, -0.2) is 4.79 Å². The molecule has 0 unspecified atom stereocenters. The Morgan fingerprint density at radius 2 is 1.79 bits per heavy atom. The van der Waals surface area contributed by atoms with Crippen molar-refractivity contribution in [1.29, 1.82) is 0 Å². The zero-order chi connectivity index (χ0) is 21.1. The van der Waals surface area contributed by atoms with Gasteiger partial charge in [0.1, 0.15) is 5.56 Å². The first-order chi connectivity index (χ1) is 13.9. The molecule has 0 spiro atoms. The number of benzene rings is 2. The van der Waals surface area contributed by atoms with E-state index in [9.17, 15) is 19.7 Å². The molecule has 0 bridgehead atoms. The molecule has 0 fully saturated rings. The highest BCUT2D eigenvalue weighted by molar-refractivity contribution is 6.01. The number of ether oxygens (including phenoxy) is 3. The van der Waals surface area contributed by atoms with Crippen molar-refractivity contribution in [3.05, 3.63) is 57.6 Å². The number of carbonyl (C=O) groups excluding carboxylic acids is 2. The van der Waals surface area contributed by atoms with Crippen LogP contribution in [0.2, 0.25) is 0 Å². The van der Waals surface area contributed by atoms with Crippen LogP contribution in [-0.2, 0) is 16.0 Å². The van der Waals surface area contributed by atoms with E-state index in [2.05, 4.69) is 0 Å². The smallest absolute Gasteiger partial charge is 0.346 e. The third-order valence-electron chi connectivity index (χ3n) is 4.70. The van der Waals surface area contributed by atoms with Crippen LogP contribution in [0.3, 0.4) is 0 Å². The number of hydrogen-bond donors (Lipinski definition) is 0. The monoisotopic (exact) mass is 400 g/mol. The van der Waals surface area contributed by atoms with Crippen LogP contribution < -0.4 is 14.4 Å². The summed E-state index contributed by atoms with van der Waals surface area (Å²) in [6.45, 7) is 1.92. The molecule has 9 nitrogen and oxygen atoms in total. The zero-order valence-electron chi connectivity index (χ0n) is 16.2. The van der Waals surface area contributed by atoms with E-state index >= 15 is 0 Å². The number of rotatable bonds is 6. The predicted octanol–water partition coefficient (Wildman–Crippen LogP) is 2.75. The van der Waals surface area contributed by atoms with Gasteiger partial charge in [0, 0.05) is 18.3 Å². The fourth-order valence-electron chi connectivity index (χ4n) is 3.24. The minimum atomic E-state index is -1.12. The van der Waals surface area contributed by atoms with Gasteiger partial charge in [-0.05, 0) is 25.0 Å². The summed E-state index contributed by atoms with van der Waals surface area (Å²) in [6, 6.07) is 9.74. The van der Waals surface area contributed by atoms with Crippen molar-refractivity contribution in [2.45, 2.75) is 19.4 Å². The van der Waals surface area contributed by atoms with Crippen LogP contribution in [0.15, 0.2) is 36.4 Å². The Morgan fingerprint density at radius 3 is 2.45 bits per heavy atom. The number of hydrogen-bond acceptors (Lipinski definition) is 7. The molecular weight excluding hydrogens is 380 g/mol. The third kappa shape index (κ3) is 3.84. The van der Waals surface area contributed by atoms with Gasteiger partial charge in [0.2, 0.25) is 0 Å². The summed E-state index contributed by atoms with van der Waals surface area (Å²) in [5.74, 6) is -1.15. The summed E-state index contributed by atoms with van der Waals surface area (Å²) < 4.78 is 15.4. The lowest BCUT2D eigenvalue weighted by atomic mass is 10.1. The van der Waals surface area contributed by atoms with Gasteiger partial charge >= 0.3 is 5.97 Å². The molecule has 2 aromatic rings. The van der Waals surface area contributed by atoms with Gasteiger partial charge in [-0.1, -0.05) is 18.2 Å². The summed E-state index contributed by atoms with van der Waals surface area (Å²) in [5, 5.41) is 11.4. The summed E-state index contributed by atoms with van der Waals surface area (Å²) in [4.78, 5) is 37.6. The Morgan fingerprint density at radius 1 is 1.14 bits per heavy atom. The summed E-state index contributed by atoms with van der Waals surface area (Å²) in [6.07, 6.45) is -0.412. The van der Waals surface area contributed by atoms with E-state index in [0.29, 0.717) is 13.0 Å². The lowest BCUT2D eigenvalue weighted by Gasteiger charge is -2.21. The number of esters is 1. The first kappa shape index (κ1) is 20.1. The average molecular weight is 400 g/mol. The minimum Gasteiger partial charge on any atom is -0.493 e. The van der Waals surface area contributed by atoms with E-state index in [1.807, 2.05) is 24.3 Å². The van der Waals surface area contributed by atoms with E-state index in [1.54, 1.807) is 4.90 Å². The van der Waals surface area contributed by atoms with Crippen molar-refractivity contribution in [2.24, 2.45) is 0 Å². The maximum Gasteiger partial charge on any atom is 0.346 e. The van der Waals surface area contributed by atoms with Gasteiger partial charge in [0.25, 0.3) is 11.6 Å². The van der Waals surface area contributed by atoms with Crippen LogP contribution in [0.5, 0.6) is 11.5 Å². The largest absolute Gasteiger partial charge is 0.493 e. The molecule has 0 aliphatic carbocycles. The molecular formula is C20H20N2O7. The minimum absolute atomic E-state index is 0.105. The summed E-state index contributed by atoms with van der Waals surface area (Å²) in [5.41, 5.74) is 0.986. The van der Waals surface area contributed by atoms with Gasteiger partial charge in [-0.15, -0.1) is 0 Å². The van der Waals surface area contributed by atoms with Crippen molar-refractivity contribution in [3.63, 3.8) is 0 Å². The second-order valence-electron chi connectivity index (χ2n) is 6.40. The molecule has 9 heteroatoms. The van der Waals surface area contributed by atoms with Crippen molar-refractivity contribution in [3.8, 4) is 11.5 Å². The molecule has 3 rings (SSSR count). The van der Waals surface area contributed by atoms with E-state index in [0.717, 1.165) is 17.3 Å². The van der Waals surface area contributed by atoms with E-state index in [4.69, 9.17) is 14.2 Å². The van der Waals surface area contributed by atoms with Crippen molar-refractivity contribution in [1.82, 2.24) is 0 Å². The van der Waals surface area contributed by atoms with Crippen molar-refractivity contribution < 1.29 is 28.7 Å². The van der Waals surface area contributed by atoms with Gasteiger partial charge in [0.15, 0.2) is 17.6 Å². The molecule has 152 valence electrons. The molecule has 2 aromatic carbocycles. The van der Waals surface area contributed by atoms with Crippen LogP contribution in [0, 0.1) is 10.1 Å². The highest BCUT2D eigenvalue weighted by Crippen LogP contribution is 2.35. The standard InChI is InChI=1S/C20H20N2O7/c1-12(19(23)21-9-8-13-6-4-5-7-15(13)21)29-20(24)14-10-17(27-2)18(28-3)11-16(14)22(25)26/h4-7,10-12H,8-9H2,1-3H3/t12-/m0/s1. The SMILES string of the molecule is COc1cc(C(=O)O[C@@H](C)C(=O)N2CCc3ccccc32)c([N+](=O)[O-])cc1OC. The van der Waals surface area contributed by atoms with Crippen LogP contribution in [0.1, 0.15) is 22.8 Å². The first-order valence-electron chi connectivity index (χ1n) is 8.88. The quantitative estimate of drug-likeness (QED) is 0.417. The molecule has 1 aliphatic rings. The van der Waals surface area contributed by atoms with Crippen LogP contribution in [-0.4, -0.2) is 43.7 Å². The lowest BCUT2D eigenvalue weighted by Crippen LogP contribution is -2.39.